The van der Waals surface area contributed by atoms with E-state index in [4.69, 9.17) is 0 Å². The Labute approximate surface area is 169 Å². The molecule has 0 saturated carbocycles. The van der Waals surface area contributed by atoms with Gasteiger partial charge in [0.15, 0.2) is 0 Å². The highest BCUT2D eigenvalue weighted by atomic mass is 32.2. The Hall–Kier alpha value is -2.72. The predicted molar refractivity (Wildman–Crippen MR) is 110 cm³/mol. The third kappa shape index (κ3) is 3.40. The number of nitro benzene ring substituents is 1. The summed E-state index contributed by atoms with van der Waals surface area (Å²) < 4.78 is 0. The van der Waals surface area contributed by atoms with Gasteiger partial charge in [-0.2, -0.15) is 0 Å². The quantitative estimate of drug-likeness (QED) is 0.367. The fourth-order valence-corrected chi connectivity index (χ4v) is 4.46. The minimum atomic E-state index is -0.498. The van der Waals surface area contributed by atoms with Crippen molar-refractivity contribution in [3.63, 3.8) is 0 Å². The Bertz CT molecular complexity index is 1050. The maximum atomic E-state index is 13.0. The second-order valence-corrected chi connectivity index (χ2v) is 8.03. The van der Waals surface area contributed by atoms with Crippen molar-refractivity contribution >= 4 is 50.7 Å². The highest BCUT2D eigenvalue weighted by Gasteiger charge is 2.28. The molecule has 0 N–H and O–H groups in total. The van der Waals surface area contributed by atoms with E-state index in [9.17, 15) is 14.9 Å². The summed E-state index contributed by atoms with van der Waals surface area (Å²) in [6.07, 6.45) is 3.43. The van der Waals surface area contributed by atoms with Gasteiger partial charge in [0.25, 0.3) is 11.6 Å². The first-order chi connectivity index (χ1) is 13.6. The number of nitro groups is 1. The van der Waals surface area contributed by atoms with E-state index in [1.165, 1.54) is 17.8 Å². The van der Waals surface area contributed by atoms with Gasteiger partial charge in [-0.1, -0.05) is 0 Å². The highest BCUT2D eigenvalue weighted by Crippen LogP contribution is 2.29. The summed E-state index contributed by atoms with van der Waals surface area (Å²) in [5, 5.41) is 14.3. The fourth-order valence-electron chi connectivity index (χ4n) is 3.29. The van der Waals surface area contributed by atoms with E-state index in [0.29, 0.717) is 26.2 Å². The molecule has 8 nitrogen and oxygen atoms in total. The topological polar surface area (TPSA) is 92.5 Å². The van der Waals surface area contributed by atoms with Crippen LogP contribution in [0.25, 0.3) is 10.2 Å². The number of carbonyl (C=O) groups is 1. The molecule has 1 aliphatic rings. The first kappa shape index (κ1) is 18.6. The van der Waals surface area contributed by atoms with Gasteiger partial charge in [0, 0.05) is 37.1 Å². The van der Waals surface area contributed by atoms with Crippen molar-refractivity contribution in [3.05, 3.63) is 51.7 Å². The van der Waals surface area contributed by atoms with Gasteiger partial charge in [0.2, 0.25) is 0 Å². The van der Waals surface area contributed by atoms with Crippen LogP contribution in [-0.4, -0.2) is 58.1 Å². The summed E-state index contributed by atoms with van der Waals surface area (Å²) in [6, 6.07) is 6.68. The van der Waals surface area contributed by atoms with E-state index < -0.39 is 4.92 Å². The number of aromatic nitrogens is 2. The minimum Gasteiger partial charge on any atom is -0.352 e. The standard InChI is InChI=1S/C18H17N5O3S2/c1-27-12-2-3-15(23(25)26)14(10-12)18(24)22-7-5-21(6-8-22)16-13-4-9-28-17(13)20-11-19-16/h2-4,9-11H,5-8H2,1H3. The van der Waals surface area contributed by atoms with Crippen molar-refractivity contribution in [2.45, 2.75) is 4.90 Å². The number of rotatable bonds is 4. The molecule has 0 spiro atoms. The van der Waals surface area contributed by atoms with E-state index >= 15 is 0 Å². The van der Waals surface area contributed by atoms with Gasteiger partial charge in [-0.3, -0.25) is 14.9 Å². The Kier molecular flexibility index (Phi) is 5.14. The summed E-state index contributed by atoms with van der Waals surface area (Å²) in [5.74, 6) is 0.569. The number of amides is 1. The van der Waals surface area contributed by atoms with Gasteiger partial charge in [0.05, 0.1) is 10.3 Å². The van der Waals surface area contributed by atoms with Gasteiger partial charge in [-0.05, 0) is 29.8 Å². The molecule has 0 unspecified atom stereocenters. The van der Waals surface area contributed by atoms with Crippen molar-refractivity contribution in [2.24, 2.45) is 0 Å². The zero-order valence-corrected chi connectivity index (χ0v) is 16.7. The normalized spacial score (nSPS) is 14.5. The summed E-state index contributed by atoms with van der Waals surface area (Å²) in [6.45, 7) is 2.19. The molecule has 1 fully saturated rings. The van der Waals surface area contributed by atoms with Crippen LogP contribution in [0.4, 0.5) is 11.5 Å². The molecule has 3 aromatic rings. The lowest BCUT2D eigenvalue weighted by Gasteiger charge is -2.35. The average Bonchev–Trinajstić information content (AvgIpc) is 3.21. The van der Waals surface area contributed by atoms with Crippen LogP contribution in [0.1, 0.15) is 10.4 Å². The molecule has 0 atom stereocenters. The third-order valence-corrected chi connectivity index (χ3v) is 6.28. The lowest BCUT2D eigenvalue weighted by Crippen LogP contribution is -2.49. The van der Waals surface area contributed by atoms with E-state index in [1.807, 2.05) is 17.7 Å². The Morgan fingerprint density at radius 2 is 2.00 bits per heavy atom. The Morgan fingerprint density at radius 3 is 2.71 bits per heavy atom. The van der Waals surface area contributed by atoms with Crippen LogP contribution in [-0.2, 0) is 0 Å². The number of thioether (sulfide) groups is 1. The number of carbonyl (C=O) groups excluding carboxylic acids is 1. The van der Waals surface area contributed by atoms with Crippen LogP contribution in [0.15, 0.2) is 40.9 Å². The zero-order valence-electron chi connectivity index (χ0n) is 15.1. The second-order valence-electron chi connectivity index (χ2n) is 6.26. The maximum absolute atomic E-state index is 13.0. The van der Waals surface area contributed by atoms with Crippen molar-refractivity contribution in [3.8, 4) is 0 Å². The Morgan fingerprint density at radius 1 is 1.21 bits per heavy atom. The molecule has 3 heterocycles. The molecule has 0 radical (unpaired) electrons. The molecule has 1 amide bonds. The number of nitrogens with zero attached hydrogens (tertiary/aromatic N) is 5. The SMILES string of the molecule is CSc1ccc([N+](=O)[O-])c(C(=O)N2CCN(c3ncnc4sccc34)CC2)c1. The van der Waals surface area contributed by atoms with Crippen molar-refractivity contribution in [1.82, 2.24) is 14.9 Å². The molecule has 1 saturated heterocycles. The molecule has 1 aliphatic heterocycles. The zero-order chi connectivity index (χ0) is 19.7. The second kappa shape index (κ2) is 7.72. The number of thiophene rings is 1. The van der Waals surface area contributed by atoms with Gasteiger partial charge < -0.3 is 9.80 Å². The number of anilines is 1. The summed E-state index contributed by atoms with van der Waals surface area (Å²) in [5.41, 5.74) is -0.00595. The number of benzene rings is 1. The van der Waals surface area contributed by atoms with Gasteiger partial charge >= 0.3 is 0 Å². The molecule has 28 heavy (non-hydrogen) atoms. The number of hydrogen-bond donors (Lipinski definition) is 0. The van der Waals surface area contributed by atoms with E-state index in [2.05, 4.69) is 14.9 Å². The van der Waals surface area contributed by atoms with Crippen LogP contribution in [0.3, 0.4) is 0 Å². The van der Waals surface area contributed by atoms with Crippen LogP contribution in [0, 0.1) is 10.1 Å². The molecule has 2 aromatic heterocycles. The Balaban J connectivity index is 1.53. The lowest BCUT2D eigenvalue weighted by atomic mass is 10.1. The first-order valence-corrected chi connectivity index (χ1v) is 10.7. The summed E-state index contributed by atoms with van der Waals surface area (Å²) in [4.78, 5) is 38.1. The molecular weight excluding hydrogens is 398 g/mol. The lowest BCUT2D eigenvalue weighted by molar-refractivity contribution is -0.385. The molecule has 10 heteroatoms. The average molecular weight is 416 g/mol. The third-order valence-electron chi connectivity index (χ3n) is 4.74. The van der Waals surface area contributed by atoms with Gasteiger partial charge in [0.1, 0.15) is 22.5 Å². The van der Waals surface area contributed by atoms with Gasteiger partial charge in [-0.15, -0.1) is 23.1 Å². The largest absolute Gasteiger partial charge is 0.352 e. The maximum Gasteiger partial charge on any atom is 0.282 e. The monoisotopic (exact) mass is 415 g/mol. The molecular formula is C18H17N5O3S2. The van der Waals surface area contributed by atoms with E-state index in [1.54, 1.807) is 34.7 Å². The summed E-state index contributed by atoms with van der Waals surface area (Å²) >= 11 is 3.02. The first-order valence-electron chi connectivity index (χ1n) is 8.63. The number of hydrogen-bond acceptors (Lipinski definition) is 8. The van der Waals surface area contributed by atoms with Crippen LogP contribution >= 0.6 is 23.1 Å². The molecule has 0 aliphatic carbocycles. The van der Waals surface area contributed by atoms with Crippen LogP contribution in [0.5, 0.6) is 0 Å². The molecule has 0 bridgehead atoms. The van der Waals surface area contributed by atoms with Crippen LogP contribution < -0.4 is 4.90 Å². The van der Waals surface area contributed by atoms with E-state index in [-0.39, 0.29) is 17.2 Å². The van der Waals surface area contributed by atoms with Crippen LogP contribution in [0.2, 0.25) is 0 Å². The van der Waals surface area contributed by atoms with Crippen molar-refractivity contribution < 1.29 is 9.72 Å². The predicted octanol–water partition coefficient (Wildman–Crippen LogP) is 3.28. The van der Waals surface area contributed by atoms with E-state index in [0.717, 1.165) is 20.9 Å². The molecule has 4 rings (SSSR count). The highest BCUT2D eigenvalue weighted by molar-refractivity contribution is 7.98. The number of piperazine rings is 1. The number of fused-ring (bicyclic) bond motifs is 1. The van der Waals surface area contributed by atoms with Crippen molar-refractivity contribution in [2.75, 3.05) is 37.3 Å². The minimum absolute atomic E-state index is 0.146. The summed E-state index contributed by atoms with van der Waals surface area (Å²) in [7, 11) is 0. The smallest absolute Gasteiger partial charge is 0.282 e. The molecule has 1 aromatic carbocycles. The van der Waals surface area contributed by atoms with Crippen molar-refractivity contribution in [1.29, 1.82) is 0 Å². The fraction of sp³-hybridized carbons (Fsp3) is 0.278. The van der Waals surface area contributed by atoms with Gasteiger partial charge in [-0.25, -0.2) is 9.97 Å². The molecule has 144 valence electrons.